The molecule has 9 heteroatoms. The SMILES string of the molecule is COc1cc2ncnc(NCc3cccc(Br)c3)c2cc1OCCCCCCC(=O)NO. The average molecular weight is 503 g/mol. The van der Waals surface area contributed by atoms with E-state index in [1.165, 1.54) is 6.33 Å². The van der Waals surface area contributed by atoms with Gasteiger partial charge in [0.05, 0.1) is 19.2 Å². The number of nitrogens with zero attached hydrogens (tertiary/aromatic N) is 2. The summed E-state index contributed by atoms with van der Waals surface area (Å²) in [4.78, 5) is 19.8. The lowest BCUT2D eigenvalue weighted by molar-refractivity contribution is -0.129. The van der Waals surface area contributed by atoms with Gasteiger partial charge in [-0.3, -0.25) is 10.0 Å². The number of hydrogen-bond acceptors (Lipinski definition) is 7. The molecule has 1 heterocycles. The molecule has 32 heavy (non-hydrogen) atoms. The van der Waals surface area contributed by atoms with Crippen molar-refractivity contribution in [1.29, 1.82) is 0 Å². The fraction of sp³-hybridized carbons (Fsp3) is 0.348. The maximum absolute atomic E-state index is 11.0. The number of rotatable bonds is 12. The Balaban J connectivity index is 1.63. The Morgan fingerprint density at radius 1 is 1.09 bits per heavy atom. The minimum Gasteiger partial charge on any atom is -0.493 e. The van der Waals surface area contributed by atoms with Crippen molar-refractivity contribution in [3.05, 3.63) is 52.8 Å². The van der Waals surface area contributed by atoms with Crippen LogP contribution in [0.5, 0.6) is 11.5 Å². The first kappa shape index (κ1) is 23.7. The van der Waals surface area contributed by atoms with Gasteiger partial charge in [-0.2, -0.15) is 0 Å². The Hall–Kier alpha value is -2.91. The minimum absolute atomic E-state index is 0.325. The summed E-state index contributed by atoms with van der Waals surface area (Å²) in [6.45, 7) is 1.16. The summed E-state index contributed by atoms with van der Waals surface area (Å²) in [5.74, 6) is 1.63. The fourth-order valence-electron chi connectivity index (χ4n) is 3.29. The summed E-state index contributed by atoms with van der Waals surface area (Å²) in [7, 11) is 1.61. The molecule has 0 fully saturated rings. The molecule has 3 N–H and O–H groups in total. The average Bonchev–Trinajstić information content (AvgIpc) is 2.81. The lowest BCUT2D eigenvalue weighted by atomic mass is 10.1. The Morgan fingerprint density at radius 3 is 2.72 bits per heavy atom. The number of hydrogen-bond donors (Lipinski definition) is 3. The molecule has 0 aliphatic rings. The summed E-state index contributed by atoms with van der Waals surface area (Å²) in [6, 6.07) is 11.9. The molecule has 0 unspecified atom stereocenters. The van der Waals surface area contributed by atoms with Crippen LogP contribution in [0.1, 0.15) is 37.7 Å². The smallest absolute Gasteiger partial charge is 0.243 e. The number of aromatic nitrogens is 2. The van der Waals surface area contributed by atoms with Gasteiger partial charge in [-0.15, -0.1) is 0 Å². The highest BCUT2D eigenvalue weighted by Crippen LogP contribution is 2.34. The van der Waals surface area contributed by atoms with Crippen LogP contribution in [0.4, 0.5) is 5.82 Å². The summed E-state index contributed by atoms with van der Waals surface area (Å²) in [6.07, 6.45) is 5.26. The predicted octanol–water partition coefficient (Wildman–Crippen LogP) is 4.85. The molecule has 3 aromatic rings. The lowest BCUT2D eigenvalue weighted by Gasteiger charge is -2.14. The van der Waals surface area contributed by atoms with Crippen molar-refractivity contribution in [3.8, 4) is 11.5 Å². The highest BCUT2D eigenvalue weighted by atomic mass is 79.9. The number of hydroxylamine groups is 1. The number of nitrogens with one attached hydrogen (secondary N) is 2. The summed E-state index contributed by atoms with van der Waals surface area (Å²) >= 11 is 3.50. The van der Waals surface area contributed by atoms with Crippen LogP contribution in [-0.2, 0) is 11.3 Å². The highest BCUT2D eigenvalue weighted by Gasteiger charge is 2.12. The van der Waals surface area contributed by atoms with E-state index in [9.17, 15) is 4.79 Å². The largest absolute Gasteiger partial charge is 0.493 e. The Kier molecular flexibility index (Phi) is 9.06. The maximum atomic E-state index is 11.0. The number of benzene rings is 2. The van der Waals surface area contributed by atoms with Crippen LogP contribution in [0.25, 0.3) is 10.9 Å². The van der Waals surface area contributed by atoms with Gasteiger partial charge in [-0.1, -0.05) is 40.9 Å². The predicted molar refractivity (Wildman–Crippen MR) is 126 cm³/mol. The van der Waals surface area contributed by atoms with Gasteiger partial charge in [0.25, 0.3) is 0 Å². The van der Waals surface area contributed by atoms with Gasteiger partial charge >= 0.3 is 0 Å². The summed E-state index contributed by atoms with van der Waals surface area (Å²) < 4.78 is 12.5. The molecule has 0 aliphatic carbocycles. The third kappa shape index (κ3) is 6.80. The first-order valence-corrected chi connectivity index (χ1v) is 11.3. The third-order valence-corrected chi connectivity index (χ3v) is 5.44. The van der Waals surface area contributed by atoms with Crippen LogP contribution in [-0.4, -0.2) is 34.8 Å². The number of fused-ring (bicyclic) bond motifs is 1. The van der Waals surface area contributed by atoms with E-state index in [0.717, 1.165) is 52.4 Å². The van der Waals surface area contributed by atoms with E-state index >= 15 is 0 Å². The van der Waals surface area contributed by atoms with Crippen molar-refractivity contribution in [2.75, 3.05) is 19.0 Å². The van der Waals surface area contributed by atoms with Crippen LogP contribution < -0.4 is 20.3 Å². The molecule has 0 saturated heterocycles. The Labute approximate surface area is 195 Å². The zero-order valence-corrected chi connectivity index (χ0v) is 19.5. The van der Waals surface area contributed by atoms with Gasteiger partial charge in [-0.25, -0.2) is 15.4 Å². The molecule has 3 rings (SSSR count). The van der Waals surface area contributed by atoms with Crippen molar-refractivity contribution >= 4 is 38.6 Å². The molecular weight excluding hydrogens is 476 g/mol. The van der Waals surface area contributed by atoms with E-state index in [1.807, 2.05) is 24.3 Å². The van der Waals surface area contributed by atoms with E-state index in [1.54, 1.807) is 12.6 Å². The van der Waals surface area contributed by atoms with Gasteiger partial charge in [0, 0.05) is 28.9 Å². The van der Waals surface area contributed by atoms with E-state index < -0.39 is 0 Å². The van der Waals surface area contributed by atoms with Crippen molar-refractivity contribution in [2.24, 2.45) is 0 Å². The molecule has 0 radical (unpaired) electrons. The first-order chi connectivity index (χ1) is 15.6. The van der Waals surface area contributed by atoms with Gasteiger partial charge < -0.3 is 14.8 Å². The van der Waals surface area contributed by atoms with Crippen LogP contribution in [0.3, 0.4) is 0 Å². The third-order valence-electron chi connectivity index (χ3n) is 4.95. The molecule has 0 bridgehead atoms. The second-order valence-electron chi connectivity index (χ2n) is 7.27. The van der Waals surface area contributed by atoms with Crippen LogP contribution >= 0.6 is 15.9 Å². The molecular formula is C23H27BrN4O4. The first-order valence-electron chi connectivity index (χ1n) is 10.5. The fourth-order valence-corrected chi connectivity index (χ4v) is 3.74. The zero-order valence-electron chi connectivity index (χ0n) is 17.9. The standard InChI is InChI=1S/C23H27BrN4O4/c1-31-20-13-19-18(12-21(20)32-10-5-3-2-4-9-22(29)28-30)23(27-15-26-19)25-14-16-7-6-8-17(24)11-16/h6-8,11-13,15,30H,2-5,9-10,14H2,1H3,(H,28,29)(H,25,26,27). The monoisotopic (exact) mass is 502 g/mol. The number of ether oxygens (including phenoxy) is 2. The van der Waals surface area contributed by atoms with E-state index in [2.05, 4.69) is 43.3 Å². The van der Waals surface area contributed by atoms with Crippen molar-refractivity contribution in [2.45, 2.75) is 38.6 Å². The van der Waals surface area contributed by atoms with Gasteiger partial charge in [-0.05, 0) is 36.6 Å². The number of carbonyl (C=O) groups excluding carboxylic acids is 1. The molecule has 0 spiro atoms. The summed E-state index contributed by atoms with van der Waals surface area (Å²) in [5.41, 5.74) is 3.54. The van der Waals surface area contributed by atoms with Crippen LogP contribution in [0, 0.1) is 0 Å². The lowest BCUT2D eigenvalue weighted by Crippen LogP contribution is -2.17. The minimum atomic E-state index is -0.353. The topological polar surface area (TPSA) is 106 Å². The molecule has 0 atom stereocenters. The maximum Gasteiger partial charge on any atom is 0.243 e. The number of amides is 1. The van der Waals surface area contributed by atoms with Crippen LogP contribution in [0.15, 0.2) is 47.2 Å². The number of methoxy groups -OCH3 is 1. The van der Waals surface area contributed by atoms with Crippen molar-refractivity contribution in [3.63, 3.8) is 0 Å². The van der Waals surface area contributed by atoms with E-state index in [0.29, 0.717) is 31.1 Å². The molecule has 0 aliphatic heterocycles. The Bertz CT molecular complexity index is 1050. The second kappa shape index (κ2) is 12.2. The second-order valence-corrected chi connectivity index (χ2v) is 8.19. The van der Waals surface area contributed by atoms with Crippen molar-refractivity contribution in [1.82, 2.24) is 15.4 Å². The number of unbranched alkanes of at least 4 members (excludes halogenated alkanes) is 3. The van der Waals surface area contributed by atoms with Gasteiger partial charge in [0.15, 0.2) is 11.5 Å². The molecule has 1 amide bonds. The van der Waals surface area contributed by atoms with Crippen molar-refractivity contribution < 1.29 is 19.5 Å². The quantitative estimate of drug-likeness (QED) is 0.184. The highest BCUT2D eigenvalue weighted by molar-refractivity contribution is 9.10. The number of carbonyl (C=O) groups is 1. The van der Waals surface area contributed by atoms with E-state index in [-0.39, 0.29) is 5.91 Å². The van der Waals surface area contributed by atoms with Gasteiger partial charge in [0.1, 0.15) is 12.1 Å². The molecule has 0 saturated carbocycles. The molecule has 170 valence electrons. The molecule has 1 aromatic heterocycles. The number of anilines is 1. The Morgan fingerprint density at radius 2 is 1.94 bits per heavy atom. The zero-order chi connectivity index (χ0) is 22.8. The number of halogens is 1. The summed E-state index contributed by atoms with van der Waals surface area (Å²) in [5, 5.41) is 12.7. The van der Waals surface area contributed by atoms with Crippen LogP contribution in [0.2, 0.25) is 0 Å². The van der Waals surface area contributed by atoms with Gasteiger partial charge in [0.2, 0.25) is 5.91 Å². The van der Waals surface area contributed by atoms with E-state index in [4.69, 9.17) is 14.7 Å². The normalized spacial score (nSPS) is 10.7. The molecule has 8 nitrogen and oxygen atoms in total. The molecule has 2 aromatic carbocycles.